The SMILES string of the molecule is C[C@H](CO)C1SCCS1. The summed E-state index contributed by atoms with van der Waals surface area (Å²) in [6, 6.07) is 0. The molecule has 3 heteroatoms. The number of thioether (sulfide) groups is 2. The van der Waals surface area contributed by atoms with Gasteiger partial charge < -0.3 is 5.11 Å². The van der Waals surface area contributed by atoms with Crippen LogP contribution in [-0.4, -0.2) is 27.8 Å². The molecule has 1 fully saturated rings. The average Bonchev–Trinajstić information content (AvgIpc) is 2.37. The summed E-state index contributed by atoms with van der Waals surface area (Å²) in [4.78, 5) is 0. The summed E-state index contributed by atoms with van der Waals surface area (Å²) < 4.78 is 0.662. The van der Waals surface area contributed by atoms with Gasteiger partial charge in [-0.1, -0.05) is 6.92 Å². The van der Waals surface area contributed by atoms with Crippen molar-refractivity contribution in [1.82, 2.24) is 0 Å². The van der Waals surface area contributed by atoms with E-state index < -0.39 is 0 Å². The first-order valence-corrected chi connectivity index (χ1v) is 5.28. The predicted octanol–water partition coefficient (Wildman–Crippen LogP) is 1.42. The van der Waals surface area contributed by atoms with Crippen LogP contribution < -0.4 is 0 Å². The highest BCUT2D eigenvalue weighted by Gasteiger charge is 2.21. The molecule has 0 bridgehead atoms. The second-order valence-electron chi connectivity index (χ2n) is 2.27. The van der Waals surface area contributed by atoms with E-state index in [1.165, 1.54) is 11.5 Å². The van der Waals surface area contributed by atoms with E-state index in [1.807, 2.05) is 23.5 Å². The van der Waals surface area contributed by atoms with E-state index in [9.17, 15) is 0 Å². The van der Waals surface area contributed by atoms with Crippen molar-refractivity contribution in [2.45, 2.75) is 11.5 Å². The van der Waals surface area contributed by atoms with Crippen LogP contribution >= 0.6 is 23.5 Å². The highest BCUT2D eigenvalue weighted by Crippen LogP contribution is 2.36. The first kappa shape index (κ1) is 7.76. The van der Waals surface area contributed by atoms with Crippen molar-refractivity contribution in [3.63, 3.8) is 0 Å². The van der Waals surface area contributed by atoms with Crippen LogP contribution in [-0.2, 0) is 0 Å². The summed E-state index contributed by atoms with van der Waals surface area (Å²) in [5, 5.41) is 8.77. The van der Waals surface area contributed by atoms with Crippen LogP contribution in [0.25, 0.3) is 0 Å². The van der Waals surface area contributed by atoms with E-state index in [0.717, 1.165) is 0 Å². The maximum atomic E-state index is 8.77. The molecular formula is C6H12OS2. The molecule has 9 heavy (non-hydrogen) atoms. The van der Waals surface area contributed by atoms with Gasteiger partial charge in [-0.25, -0.2) is 0 Å². The van der Waals surface area contributed by atoms with E-state index in [1.54, 1.807) is 0 Å². The van der Waals surface area contributed by atoms with Crippen LogP contribution in [0, 0.1) is 5.92 Å². The molecule has 0 aromatic carbocycles. The van der Waals surface area contributed by atoms with Crippen LogP contribution in [0.15, 0.2) is 0 Å². The van der Waals surface area contributed by atoms with Gasteiger partial charge in [-0.3, -0.25) is 0 Å². The van der Waals surface area contributed by atoms with E-state index in [-0.39, 0.29) is 0 Å². The molecule has 1 aliphatic heterocycles. The van der Waals surface area contributed by atoms with Crippen molar-refractivity contribution in [2.24, 2.45) is 5.92 Å². The third kappa shape index (κ3) is 2.06. The zero-order chi connectivity index (χ0) is 6.69. The lowest BCUT2D eigenvalue weighted by Gasteiger charge is -2.13. The molecule has 1 saturated heterocycles. The zero-order valence-electron chi connectivity index (χ0n) is 5.54. The van der Waals surface area contributed by atoms with Crippen LogP contribution in [0.3, 0.4) is 0 Å². The van der Waals surface area contributed by atoms with Gasteiger partial charge in [0.1, 0.15) is 0 Å². The summed E-state index contributed by atoms with van der Waals surface area (Å²) in [7, 11) is 0. The maximum Gasteiger partial charge on any atom is 0.0550 e. The molecular weight excluding hydrogens is 152 g/mol. The van der Waals surface area contributed by atoms with Gasteiger partial charge in [0, 0.05) is 24.0 Å². The van der Waals surface area contributed by atoms with Crippen LogP contribution in [0.1, 0.15) is 6.92 Å². The Morgan fingerprint density at radius 2 is 2.11 bits per heavy atom. The number of aliphatic hydroxyl groups excluding tert-OH is 1. The Hall–Kier alpha value is 0.660. The molecule has 0 aromatic heterocycles. The highest BCUT2D eigenvalue weighted by atomic mass is 32.2. The van der Waals surface area contributed by atoms with Crippen LogP contribution in [0.2, 0.25) is 0 Å². The van der Waals surface area contributed by atoms with Gasteiger partial charge in [0.15, 0.2) is 0 Å². The molecule has 0 radical (unpaired) electrons. The number of hydrogen-bond donors (Lipinski definition) is 1. The van der Waals surface area contributed by atoms with Crippen LogP contribution in [0.5, 0.6) is 0 Å². The van der Waals surface area contributed by atoms with Gasteiger partial charge in [0.25, 0.3) is 0 Å². The Bertz CT molecular complexity index is 81.1. The van der Waals surface area contributed by atoms with E-state index >= 15 is 0 Å². The fraction of sp³-hybridized carbons (Fsp3) is 1.00. The predicted molar refractivity (Wildman–Crippen MR) is 45.0 cm³/mol. The fourth-order valence-electron chi connectivity index (χ4n) is 0.791. The highest BCUT2D eigenvalue weighted by molar-refractivity contribution is 8.20. The smallest absolute Gasteiger partial charge is 0.0550 e. The minimum Gasteiger partial charge on any atom is -0.396 e. The lowest BCUT2D eigenvalue weighted by atomic mass is 10.2. The van der Waals surface area contributed by atoms with Crippen molar-refractivity contribution >= 4 is 23.5 Å². The number of aliphatic hydroxyl groups is 1. The zero-order valence-corrected chi connectivity index (χ0v) is 7.17. The molecule has 1 heterocycles. The molecule has 0 unspecified atom stereocenters. The lowest BCUT2D eigenvalue weighted by molar-refractivity contribution is 0.247. The second-order valence-corrected chi connectivity index (χ2v) is 5.07. The summed E-state index contributed by atoms with van der Waals surface area (Å²) in [5.74, 6) is 3.00. The maximum absolute atomic E-state index is 8.77. The average molecular weight is 164 g/mol. The fourth-order valence-corrected chi connectivity index (χ4v) is 3.82. The van der Waals surface area contributed by atoms with Gasteiger partial charge in [-0.15, -0.1) is 23.5 Å². The summed E-state index contributed by atoms with van der Waals surface area (Å²) in [5.41, 5.74) is 0. The number of hydrogen-bond acceptors (Lipinski definition) is 3. The third-order valence-corrected chi connectivity index (χ3v) is 4.94. The first-order chi connectivity index (χ1) is 4.34. The largest absolute Gasteiger partial charge is 0.396 e. The topological polar surface area (TPSA) is 20.2 Å². The third-order valence-electron chi connectivity index (χ3n) is 1.40. The van der Waals surface area contributed by atoms with Crippen molar-refractivity contribution < 1.29 is 5.11 Å². The Labute approximate surface area is 64.6 Å². The second kappa shape index (κ2) is 3.74. The van der Waals surface area contributed by atoms with Gasteiger partial charge in [-0.2, -0.15) is 0 Å². The molecule has 0 aliphatic carbocycles. The Kier molecular flexibility index (Phi) is 3.22. The Morgan fingerprint density at radius 3 is 2.56 bits per heavy atom. The van der Waals surface area contributed by atoms with E-state index in [4.69, 9.17) is 5.11 Å². The van der Waals surface area contributed by atoms with E-state index in [2.05, 4.69) is 6.92 Å². The van der Waals surface area contributed by atoms with Crippen molar-refractivity contribution in [1.29, 1.82) is 0 Å². The van der Waals surface area contributed by atoms with E-state index in [0.29, 0.717) is 17.1 Å². The monoisotopic (exact) mass is 164 g/mol. The number of rotatable bonds is 2. The normalized spacial score (nSPS) is 24.7. The molecule has 0 spiro atoms. The molecule has 1 rings (SSSR count). The van der Waals surface area contributed by atoms with Gasteiger partial charge >= 0.3 is 0 Å². The first-order valence-electron chi connectivity index (χ1n) is 3.18. The molecule has 1 N–H and O–H groups in total. The van der Waals surface area contributed by atoms with Crippen molar-refractivity contribution in [3.05, 3.63) is 0 Å². The van der Waals surface area contributed by atoms with Crippen LogP contribution in [0.4, 0.5) is 0 Å². The minimum atomic E-state index is 0.338. The van der Waals surface area contributed by atoms with Crippen molar-refractivity contribution in [3.8, 4) is 0 Å². The molecule has 54 valence electrons. The summed E-state index contributed by atoms with van der Waals surface area (Å²) >= 11 is 3.96. The van der Waals surface area contributed by atoms with Gasteiger partial charge in [0.05, 0.1) is 4.58 Å². The molecule has 0 aromatic rings. The molecule has 1 nitrogen and oxygen atoms in total. The molecule has 1 aliphatic rings. The Balaban J connectivity index is 2.24. The Morgan fingerprint density at radius 1 is 1.56 bits per heavy atom. The summed E-state index contributed by atoms with van der Waals surface area (Å²) in [6.45, 7) is 2.45. The quantitative estimate of drug-likeness (QED) is 0.666. The molecule has 1 atom stereocenters. The van der Waals surface area contributed by atoms with Gasteiger partial charge in [0.2, 0.25) is 0 Å². The van der Waals surface area contributed by atoms with Crippen molar-refractivity contribution in [2.75, 3.05) is 18.1 Å². The standard InChI is InChI=1S/C6H12OS2/c1-5(4-7)6-8-2-3-9-6/h5-7H,2-4H2,1H3/t5-/m1/s1. The lowest BCUT2D eigenvalue weighted by Crippen LogP contribution is -2.11. The summed E-state index contributed by atoms with van der Waals surface area (Å²) in [6.07, 6.45) is 0. The molecule has 0 amide bonds. The minimum absolute atomic E-state index is 0.338. The van der Waals surface area contributed by atoms with Gasteiger partial charge in [-0.05, 0) is 0 Å². The molecule has 0 saturated carbocycles.